The van der Waals surface area contributed by atoms with E-state index < -0.39 is 0 Å². The first-order valence-electron chi connectivity index (χ1n) is 5.39. The molecule has 1 heterocycles. The van der Waals surface area contributed by atoms with Gasteiger partial charge < -0.3 is 5.32 Å². The Hall–Kier alpha value is -1.65. The number of hydrogen-bond acceptors (Lipinski definition) is 4. The molecule has 0 radical (unpaired) electrons. The summed E-state index contributed by atoms with van der Waals surface area (Å²) in [6.45, 7) is 3.81. The van der Waals surface area contributed by atoms with Gasteiger partial charge in [0.1, 0.15) is 5.82 Å². The Morgan fingerprint density at radius 3 is 2.75 bits per heavy atom. The lowest BCUT2D eigenvalue weighted by atomic mass is 9.78. The summed E-state index contributed by atoms with van der Waals surface area (Å²) in [5.74, 6) is 0.597. The van der Waals surface area contributed by atoms with Gasteiger partial charge in [0.05, 0.1) is 11.0 Å². The summed E-state index contributed by atoms with van der Waals surface area (Å²) in [7, 11) is 0. The van der Waals surface area contributed by atoms with Crippen molar-refractivity contribution >= 4 is 11.5 Å². The lowest BCUT2D eigenvalue weighted by Crippen LogP contribution is -2.41. The molecular weight excluding hydrogens is 206 g/mol. The van der Waals surface area contributed by atoms with Crippen molar-refractivity contribution in [2.24, 2.45) is 0 Å². The molecule has 5 heteroatoms. The van der Waals surface area contributed by atoms with Crippen molar-refractivity contribution in [3.8, 4) is 0 Å². The molecule has 5 nitrogen and oxygen atoms in total. The molecule has 1 aromatic heterocycles. The van der Waals surface area contributed by atoms with Crippen molar-refractivity contribution in [2.75, 3.05) is 5.32 Å². The molecule has 0 aromatic carbocycles. The van der Waals surface area contributed by atoms with Crippen LogP contribution in [0.1, 0.15) is 31.7 Å². The van der Waals surface area contributed by atoms with Crippen LogP contribution in [0.5, 0.6) is 0 Å². The smallest absolute Gasteiger partial charge is 0.277 e. The fraction of sp³-hybridized carbons (Fsp3) is 0.545. The van der Waals surface area contributed by atoms with E-state index in [1.54, 1.807) is 13.1 Å². The van der Waals surface area contributed by atoms with Crippen LogP contribution in [0.4, 0.5) is 11.5 Å². The first kappa shape index (κ1) is 10.9. The van der Waals surface area contributed by atoms with E-state index in [1.165, 1.54) is 12.5 Å². The van der Waals surface area contributed by atoms with Crippen LogP contribution < -0.4 is 5.32 Å². The third-order valence-corrected chi connectivity index (χ3v) is 3.16. The summed E-state index contributed by atoms with van der Waals surface area (Å²) >= 11 is 0. The van der Waals surface area contributed by atoms with Gasteiger partial charge in [-0.25, -0.2) is 4.98 Å². The molecule has 0 saturated heterocycles. The van der Waals surface area contributed by atoms with Gasteiger partial charge in [0.25, 0.3) is 5.69 Å². The number of nitro groups is 1. The Morgan fingerprint density at radius 2 is 2.25 bits per heavy atom. The zero-order valence-electron chi connectivity index (χ0n) is 9.49. The molecule has 2 rings (SSSR count). The van der Waals surface area contributed by atoms with E-state index in [9.17, 15) is 10.1 Å². The highest BCUT2D eigenvalue weighted by molar-refractivity contribution is 5.50. The number of nitrogens with one attached hydrogen (secondary N) is 1. The van der Waals surface area contributed by atoms with Crippen LogP contribution in [-0.2, 0) is 0 Å². The van der Waals surface area contributed by atoms with Gasteiger partial charge in [-0.15, -0.1) is 0 Å². The van der Waals surface area contributed by atoms with Gasteiger partial charge in [-0.2, -0.15) is 0 Å². The zero-order valence-corrected chi connectivity index (χ0v) is 9.49. The normalized spacial score (nSPS) is 17.6. The van der Waals surface area contributed by atoms with Gasteiger partial charge >= 0.3 is 0 Å². The predicted octanol–water partition coefficient (Wildman–Crippen LogP) is 2.65. The Kier molecular flexibility index (Phi) is 2.53. The largest absolute Gasteiger partial charge is 0.365 e. The van der Waals surface area contributed by atoms with Gasteiger partial charge in [0, 0.05) is 17.3 Å². The van der Waals surface area contributed by atoms with Crippen molar-refractivity contribution in [1.82, 2.24) is 4.98 Å². The summed E-state index contributed by atoms with van der Waals surface area (Å²) in [6, 6.07) is 1.51. The monoisotopic (exact) mass is 221 g/mol. The number of aromatic nitrogens is 1. The molecule has 1 aliphatic carbocycles. The highest BCUT2D eigenvalue weighted by atomic mass is 16.6. The van der Waals surface area contributed by atoms with Crippen LogP contribution in [-0.4, -0.2) is 15.4 Å². The van der Waals surface area contributed by atoms with Crippen molar-refractivity contribution < 1.29 is 4.92 Å². The molecule has 0 atom stereocenters. The topological polar surface area (TPSA) is 68.1 Å². The molecular formula is C11H15N3O2. The fourth-order valence-corrected chi connectivity index (χ4v) is 1.92. The SMILES string of the molecule is Cc1cnc(NC2(C)CCC2)cc1[N+](=O)[O-]. The molecule has 1 aromatic rings. The minimum absolute atomic E-state index is 0.0656. The van der Waals surface area contributed by atoms with E-state index in [4.69, 9.17) is 0 Å². The standard InChI is InChI=1S/C11H15N3O2/c1-8-7-12-10(6-9(8)14(15)16)13-11(2)4-3-5-11/h6-7H,3-5H2,1-2H3,(H,12,13). The van der Waals surface area contributed by atoms with Crippen LogP contribution in [0, 0.1) is 17.0 Å². The van der Waals surface area contributed by atoms with Crippen LogP contribution in [0.25, 0.3) is 0 Å². The number of aryl methyl sites for hydroxylation is 1. The lowest BCUT2D eigenvalue weighted by Gasteiger charge is -2.39. The van der Waals surface area contributed by atoms with Crippen molar-refractivity contribution in [1.29, 1.82) is 0 Å². The Balaban J connectivity index is 2.22. The first-order valence-corrected chi connectivity index (χ1v) is 5.39. The fourth-order valence-electron chi connectivity index (χ4n) is 1.92. The summed E-state index contributed by atoms with van der Waals surface area (Å²) < 4.78 is 0. The van der Waals surface area contributed by atoms with E-state index in [0.29, 0.717) is 11.4 Å². The average molecular weight is 221 g/mol. The van der Waals surface area contributed by atoms with Gasteiger partial charge in [-0.1, -0.05) is 0 Å². The second-order valence-corrected chi connectivity index (χ2v) is 4.65. The average Bonchev–Trinajstić information content (AvgIpc) is 2.18. The maximum absolute atomic E-state index is 10.8. The van der Waals surface area contributed by atoms with E-state index in [1.807, 2.05) is 0 Å². The zero-order chi connectivity index (χ0) is 11.8. The Morgan fingerprint density at radius 1 is 1.56 bits per heavy atom. The molecule has 1 N–H and O–H groups in total. The summed E-state index contributed by atoms with van der Waals surface area (Å²) in [4.78, 5) is 14.6. The molecule has 86 valence electrons. The molecule has 1 fully saturated rings. The summed E-state index contributed by atoms with van der Waals surface area (Å²) in [5, 5.41) is 14.0. The van der Waals surface area contributed by atoms with E-state index in [0.717, 1.165) is 12.8 Å². The van der Waals surface area contributed by atoms with Gasteiger partial charge in [0.15, 0.2) is 0 Å². The van der Waals surface area contributed by atoms with Crippen LogP contribution in [0.2, 0.25) is 0 Å². The van der Waals surface area contributed by atoms with E-state index in [2.05, 4.69) is 17.2 Å². The predicted molar refractivity (Wildman–Crippen MR) is 61.5 cm³/mol. The van der Waals surface area contributed by atoms with Gasteiger partial charge in [-0.05, 0) is 33.1 Å². The van der Waals surface area contributed by atoms with Crippen LogP contribution in [0.15, 0.2) is 12.3 Å². The maximum atomic E-state index is 10.8. The highest BCUT2D eigenvalue weighted by Gasteiger charge is 2.32. The van der Waals surface area contributed by atoms with Crippen molar-refractivity contribution in [3.63, 3.8) is 0 Å². The number of nitrogens with zero attached hydrogens (tertiary/aromatic N) is 2. The maximum Gasteiger partial charge on any atom is 0.277 e. The molecule has 0 bridgehead atoms. The minimum Gasteiger partial charge on any atom is -0.365 e. The second-order valence-electron chi connectivity index (χ2n) is 4.65. The molecule has 1 saturated carbocycles. The van der Waals surface area contributed by atoms with Crippen molar-refractivity contribution in [3.05, 3.63) is 27.9 Å². The molecule has 0 spiro atoms. The molecule has 0 aliphatic heterocycles. The molecule has 16 heavy (non-hydrogen) atoms. The van der Waals surface area contributed by atoms with Crippen molar-refractivity contribution in [2.45, 2.75) is 38.6 Å². The van der Waals surface area contributed by atoms with E-state index >= 15 is 0 Å². The minimum atomic E-state index is -0.370. The Labute approximate surface area is 94.0 Å². The number of anilines is 1. The first-order chi connectivity index (χ1) is 7.50. The Bertz CT molecular complexity index is 427. The highest BCUT2D eigenvalue weighted by Crippen LogP contribution is 2.34. The number of rotatable bonds is 3. The van der Waals surface area contributed by atoms with Crippen LogP contribution >= 0.6 is 0 Å². The van der Waals surface area contributed by atoms with E-state index in [-0.39, 0.29) is 16.1 Å². The number of hydrogen-bond donors (Lipinski definition) is 1. The summed E-state index contributed by atoms with van der Waals surface area (Å²) in [6.07, 6.45) is 4.94. The number of pyridine rings is 1. The molecule has 0 unspecified atom stereocenters. The third-order valence-electron chi connectivity index (χ3n) is 3.16. The summed E-state index contributed by atoms with van der Waals surface area (Å²) in [5.41, 5.74) is 0.783. The molecule has 1 aliphatic rings. The van der Waals surface area contributed by atoms with Crippen LogP contribution in [0.3, 0.4) is 0 Å². The third kappa shape index (κ3) is 1.98. The van der Waals surface area contributed by atoms with Gasteiger partial charge in [0.2, 0.25) is 0 Å². The second kappa shape index (κ2) is 3.73. The quantitative estimate of drug-likeness (QED) is 0.629. The lowest BCUT2D eigenvalue weighted by molar-refractivity contribution is -0.385. The van der Waals surface area contributed by atoms with Gasteiger partial charge in [-0.3, -0.25) is 10.1 Å². The molecule has 0 amide bonds.